The maximum atomic E-state index is 13.6. The largest absolute Gasteiger partial charge is 0.453 e. The van der Waals surface area contributed by atoms with Crippen LogP contribution in [0, 0.1) is 11.8 Å². The van der Waals surface area contributed by atoms with Crippen molar-refractivity contribution in [2.75, 3.05) is 6.61 Å². The van der Waals surface area contributed by atoms with E-state index in [0.717, 1.165) is 25.7 Å². The van der Waals surface area contributed by atoms with Crippen molar-refractivity contribution in [2.24, 2.45) is 11.8 Å². The maximum absolute atomic E-state index is 13.6. The summed E-state index contributed by atoms with van der Waals surface area (Å²) in [6, 6.07) is 0. The molecule has 190 valence electrons. The minimum atomic E-state index is -5.73. The lowest BCUT2D eigenvalue weighted by atomic mass is 9.62. The van der Waals surface area contributed by atoms with Crippen molar-refractivity contribution in [1.29, 1.82) is 0 Å². The number of ether oxygens (including phenoxy) is 2. The van der Waals surface area contributed by atoms with Crippen molar-refractivity contribution in [3.8, 4) is 0 Å². The van der Waals surface area contributed by atoms with Gasteiger partial charge in [-0.15, -0.1) is 0 Å². The Kier molecular flexibility index (Phi) is 6.85. The lowest BCUT2D eigenvalue weighted by molar-refractivity contribution is -0.169. The number of rotatable bonds is 8. The lowest BCUT2D eigenvalue weighted by Crippen LogP contribution is -2.56. The smallest absolute Gasteiger partial charge is 0.405 e. The second-order valence-electron chi connectivity index (χ2n) is 10.1. The summed E-state index contributed by atoms with van der Waals surface area (Å²) in [5, 5.41) is 18.2. The molecule has 0 aromatic heterocycles. The molecule has 0 radical (unpaired) electrons. The first kappa shape index (κ1) is 25.6. The summed E-state index contributed by atoms with van der Waals surface area (Å²) in [6.07, 6.45) is 4.26. The van der Waals surface area contributed by atoms with Gasteiger partial charge in [-0.2, -0.15) is 29.0 Å². The van der Waals surface area contributed by atoms with Crippen LogP contribution in [0.15, 0.2) is 0 Å². The van der Waals surface area contributed by atoms with Gasteiger partial charge in [-0.05, 0) is 39.0 Å². The zero-order chi connectivity index (χ0) is 24.2. The maximum Gasteiger partial charge on any atom is 0.405 e. The Morgan fingerprint density at radius 3 is 2.12 bits per heavy atom. The van der Waals surface area contributed by atoms with Gasteiger partial charge >= 0.3 is 21.3 Å². The second-order valence-corrected chi connectivity index (χ2v) is 13.0. The molecular weight excluding hydrogens is 482 g/mol. The Morgan fingerprint density at radius 1 is 1.09 bits per heavy atom. The van der Waals surface area contributed by atoms with Crippen LogP contribution >= 0.6 is 11.8 Å². The summed E-state index contributed by atoms with van der Waals surface area (Å²) in [6.45, 7) is 0.0258. The summed E-state index contributed by atoms with van der Waals surface area (Å²) in [5.41, 5.74) is -1.71. The molecule has 4 rings (SSSR count). The van der Waals surface area contributed by atoms with Gasteiger partial charge in [-0.3, -0.25) is 4.55 Å². The second kappa shape index (κ2) is 8.85. The molecule has 3 N–H and O–H groups in total. The molecule has 0 aromatic rings. The first-order chi connectivity index (χ1) is 15.3. The molecule has 0 spiro atoms. The fourth-order valence-electron chi connectivity index (χ4n) is 6.50. The van der Waals surface area contributed by atoms with Crippen molar-refractivity contribution >= 4 is 27.8 Å². The van der Waals surface area contributed by atoms with E-state index in [1.165, 1.54) is 0 Å². The number of hydrogen-bond donors (Lipinski definition) is 3. The van der Waals surface area contributed by atoms with Gasteiger partial charge in [0.1, 0.15) is 6.61 Å². The van der Waals surface area contributed by atoms with E-state index in [4.69, 9.17) is 9.29 Å². The fraction of sp³-hybridized carbons (Fsp3) is 0.952. The Hall–Kier alpha value is -0.530. The van der Waals surface area contributed by atoms with Gasteiger partial charge in [-0.25, -0.2) is 4.79 Å². The Labute approximate surface area is 196 Å². The molecule has 4 aliphatic rings. The van der Waals surface area contributed by atoms with E-state index in [1.54, 1.807) is 11.8 Å². The third-order valence-electron chi connectivity index (χ3n) is 8.02. The van der Waals surface area contributed by atoms with Crippen LogP contribution in [0.3, 0.4) is 0 Å². The van der Waals surface area contributed by atoms with Crippen LogP contribution in [-0.4, -0.2) is 74.9 Å². The van der Waals surface area contributed by atoms with E-state index in [9.17, 15) is 32.2 Å². The molecule has 33 heavy (non-hydrogen) atoms. The highest BCUT2D eigenvalue weighted by Crippen LogP contribution is 2.64. The predicted octanol–water partition coefficient (Wildman–Crippen LogP) is 2.51. The molecule has 0 aromatic carbocycles. The van der Waals surface area contributed by atoms with Crippen LogP contribution in [0.1, 0.15) is 64.7 Å². The van der Waals surface area contributed by atoms with Gasteiger partial charge in [0.2, 0.25) is 0 Å². The molecule has 8 nitrogen and oxygen atoms in total. The number of thioether (sulfide) groups is 1. The molecule has 6 unspecified atom stereocenters. The molecular formula is C21H32F2O8S2. The standard InChI is InChI=1S/C21H32F2O8S2/c1-12(21(22,23)33(27,28)29)31-15(24)11-30-13-10-14-16(19(25)6-2-3-7-19)17(18(13)32-14)20(26)8-4-5-9-20/h12-14,16-18,25-26H,2-11H2,1H3,(H,27,28,29). The SMILES string of the molecule is CC(OC(=O)COC1CC2SC1C(C1(O)CCCC1)C2C1(O)CCCC1)C(F)(F)S(=O)(=O)O. The highest BCUT2D eigenvalue weighted by molar-refractivity contribution is 8.01. The van der Waals surface area contributed by atoms with E-state index >= 15 is 0 Å². The number of esters is 1. The van der Waals surface area contributed by atoms with E-state index in [0.29, 0.717) is 39.0 Å². The molecule has 2 aliphatic heterocycles. The summed E-state index contributed by atoms with van der Waals surface area (Å²) in [4.78, 5) is 12.1. The summed E-state index contributed by atoms with van der Waals surface area (Å²) < 4.78 is 67.8. The topological polar surface area (TPSA) is 130 Å². The van der Waals surface area contributed by atoms with Gasteiger partial charge in [-0.1, -0.05) is 25.7 Å². The van der Waals surface area contributed by atoms with Crippen molar-refractivity contribution in [1.82, 2.24) is 0 Å². The van der Waals surface area contributed by atoms with E-state index < -0.39 is 51.4 Å². The number of carbonyl (C=O) groups is 1. The Balaban J connectivity index is 1.42. The third kappa shape index (κ3) is 4.55. The Morgan fingerprint density at radius 2 is 1.61 bits per heavy atom. The molecule has 2 heterocycles. The van der Waals surface area contributed by atoms with Crippen LogP contribution in [0.25, 0.3) is 0 Å². The van der Waals surface area contributed by atoms with E-state index in [2.05, 4.69) is 4.74 Å². The summed E-state index contributed by atoms with van der Waals surface area (Å²) in [7, 11) is -5.73. The van der Waals surface area contributed by atoms with Crippen molar-refractivity contribution in [2.45, 2.75) is 104 Å². The van der Waals surface area contributed by atoms with Crippen LogP contribution in [0.5, 0.6) is 0 Å². The van der Waals surface area contributed by atoms with Crippen LogP contribution < -0.4 is 0 Å². The van der Waals surface area contributed by atoms with Crippen molar-refractivity contribution in [3.63, 3.8) is 0 Å². The molecule has 6 atom stereocenters. The molecule has 12 heteroatoms. The zero-order valence-electron chi connectivity index (χ0n) is 18.5. The number of hydrogen-bond acceptors (Lipinski definition) is 8. The number of halogens is 2. The molecule has 2 bridgehead atoms. The highest BCUT2D eigenvalue weighted by Gasteiger charge is 2.65. The molecule has 0 amide bonds. The number of alkyl halides is 2. The molecule has 4 fully saturated rings. The minimum Gasteiger partial charge on any atom is -0.453 e. The van der Waals surface area contributed by atoms with Gasteiger partial charge in [0, 0.05) is 22.3 Å². The molecule has 2 aliphatic carbocycles. The quantitative estimate of drug-likeness (QED) is 0.330. The first-order valence-corrected chi connectivity index (χ1v) is 13.9. The fourth-order valence-corrected chi connectivity index (χ4v) is 9.22. The highest BCUT2D eigenvalue weighted by atomic mass is 32.2. The average Bonchev–Trinajstić information content (AvgIpc) is 3.49. The monoisotopic (exact) mass is 514 g/mol. The van der Waals surface area contributed by atoms with Crippen molar-refractivity contribution in [3.05, 3.63) is 0 Å². The summed E-state index contributed by atoms with van der Waals surface area (Å²) >= 11 is 1.67. The lowest BCUT2D eigenvalue weighted by Gasteiger charge is -2.47. The Bertz CT molecular complexity index is 854. The third-order valence-corrected chi connectivity index (χ3v) is 10.8. The van der Waals surface area contributed by atoms with E-state index in [-0.39, 0.29) is 22.3 Å². The number of aliphatic hydroxyl groups is 2. The predicted molar refractivity (Wildman–Crippen MR) is 115 cm³/mol. The summed E-state index contributed by atoms with van der Waals surface area (Å²) in [5.74, 6) is -1.41. The van der Waals surface area contributed by atoms with Crippen LogP contribution in [0.2, 0.25) is 0 Å². The molecule has 2 saturated carbocycles. The minimum absolute atomic E-state index is 0.0571. The van der Waals surface area contributed by atoms with E-state index in [1.807, 2.05) is 0 Å². The number of carbonyl (C=O) groups excluding carboxylic acids is 1. The first-order valence-electron chi connectivity index (χ1n) is 11.5. The van der Waals surface area contributed by atoms with Gasteiger partial charge in [0.15, 0.2) is 6.10 Å². The zero-order valence-corrected chi connectivity index (χ0v) is 20.1. The van der Waals surface area contributed by atoms with Crippen LogP contribution in [0.4, 0.5) is 8.78 Å². The van der Waals surface area contributed by atoms with Crippen LogP contribution in [-0.2, 0) is 24.4 Å². The average molecular weight is 515 g/mol. The molecule has 2 saturated heterocycles. The number of fused-ring (bicyclic) bond motifs is 2. The van der Waals surface area contributed by atoms with Gasteiger partial charge in [0.25, 0.3) is 0 Å². The van der Waals surface area contributed by atoms with Gasteiger partial charge in [0.05, 0.1) is 17.3 Å². The normalized spacial score (nSPS) is 36.2. The van der Waals surface area contributed by atoms with Gasteiger partial charge < -0.3 is 19.7 Å². The van der Waals surface area contributed by atoms with Crippen molar-refractivity contribution < 1.29 is 46.2 Å².